The number of ketones is 1. The second kappa shape index (κ2) is 32.0. The first-order valence-electron chi connectivity index (χ1n) is 19.3. The van der Waals surface area contributed by atoms with Gasteiger partial charge in [-0.25, -0.2) is 0 Å². The molecule has 1 aliphatic rings. The number of nitrogens with one attached hydrogen (secondary N) is 2. The molecule has 0 atom stereocenters. The standard InChI is InChI=1S/C37H68N4O10/c1-32(2)33(42)30-50-27-25-49-24-18-39-35(44)31-51-28-26-48-23-17-38-34(43)29-40-19-21-41(22-20-40)36(45)15-13-11-9-7-5-3-4-6-8-10-12-14-16-37(46)47/h32H,3-31H2,1-2H3,(H,38,43)(H,39,44)(H,46,47). The maximum atomic E-state index is 12.6. The zero-order valence-corrected chi connectivity index (χ0v) is 31.6. The molecule has 1 saturated heterocycles. The van der Waals surface area contributed by atoms with Crippen LogP contribution in [0, 0.1) is 5.92 Å². The van der Waals surface area contributed by atoms with E-state index in [1.165, 1.54) is 44.9 Å². The van der Waals surface area contributed by atoms with Gasteiger partial charge in [-0.15, -0.1) is 0 Å². The molecule has 0 saturated carbocycles. The Morgan fingerprint density at radius 3 is 1.53 bits per heavy atom. The Kier molecular flexibility index (Phi) is 29.1. The molecule has 0 aromatic rings. The highest BCUT2D eigenvalue weighted by Gasteiger charge is 2.22. The molecule has 0 unspecified atom stereocenters. The maximum Gasteiger partial charge on any atom is 0.303 e. The normalized spacial score (nSPS) is 13.4. The van der Waals surface area contributed by atoms with Gasteiger partial charge < -0.3 is 39.6 Å². The predicted octanol–water partition coefficient (Wildman–Crippen LogP) is 3.20. The zero-order valence-electron chi connectivity index (χ0n) is 31.6. The smallest absolute Gasteiger partial charge is 0.303 e. The molecule has 1 rings (SSSR count). The van der Waals surface area contributed by atoms with Crippen LogP contribution in [0.4, 0.5) is 0 Å². The molecule has 14 nitrogen and oxygen atoms in total. The molecule has 0 aromatic heterocycles. The number of nitrogens with zero attached hydrogens (tertiary/aromatic N) is 2. The Labute approximate surface area is 306 Å². The van der Waals surface area contributed by atoms with E-state index in [0.717, 1.165) is 32.1 Å². The van der Waals surface area contributed by atoms with E-state index in [1.807, 2.05) is 18.7 Å². The number of unbranched alkanes of at least 4 members (excludes halogenated alkanes) is 11. The van der Waals surface area contributed by atoms with Crippen LogP contribution < -0.4 is 10.6 Å². The van der Waals surface area contributed by atoms with Gasteiger partial charge in [-0.05, 0) is 12.8 Å². The Balaban J connectivity index is 1.88. The highest BCUT2D eigenvalue weighted by atomic mass is 16.5. The van der Waals surface area contributed by atoms with Crippen molar-refractivity contribution in [2.75, 3.05) is 98.7 Å². The van der Waals surface area contributed by atoms with E-state index in [1.54, 1.807) is 0 Å². The summed E-state index contributed by atoms with van der Waals surface area (Å²) in [4.78, 5) is 62.7. The van der Waals surface area contributed by atoms with Crippen LogP contribution >= 0.6 is 0 Å². The van der Waals surface area contributed by atoms with Crippen molar-refractivity contribution in [3.05, 3.63) is 0 Å². The Bertz CT molecular complexity index is 944. The van der Waals surface area contributed by atoms with Crippen LogP contribution in [0.25, 0.3) is 0 Å². The minimum atomic E-state index is -0.698. The Morgan fingerprint density at radius 2 is 1.02 bits per heavy atom. The van der Waals surface area contributed by atoms with E-state index >= 15 is 0 Å². The first kappa shape index (κ1) is 46.4. The molecule has 1 heterocycles. The number of aliphatic carboxylic acids is 1. The van der Waals surface area contributed by atoms with Crippen molar-refractivity contribution in [3.63, 3.8) is 0 Å². The van der Waals surface area contributed by atoms with Gasteiger partial charge in [0, 0.05) is 58.0 Å². The molecule has 51 heavy (non-hydrogen) atoms. The quantitative estimate of drug-likeness (QED) is 0.0831. The van der Waals surface area contributed by atoms with Crippen molar-refractivity contribution in [1.82, 2.24) is 20.4 Å². The average molecular weight is 729 g/mol. The third-order valence-electron chi connectivity index (χ3n) is 8.63. The summed E-state index contributed by atoms with van der Waals surface area (Å²) in [5.41, 5.74) is 0. The summed E-state index contributed by atoms with van der Waals surface area (Å²) in [6.45, 7) is 9.29. The van der Waals surface area contributed by atoms with Crippen molar-refractivity contribution < 1.29 is 48.0 Å². The molecular weight excluding hydrogens is 660 g/mol. The second-order valence-corrected chi connectivity index (χ2v) is 13.4. The SMILES string of the molecule is CC(C)C(=O)COCCOCCNC(=O)COCCOCCNC(=O)CN1CCN(C(=O)CCCCCCCCCCCCCCC(=O)O)CC1. The molecule has 1 fully saturated rings. The zero-order chi connectivity index (χ0) is 37.4. The molecule has 0 aliphatic carbocycles. The van der Waals surface area contributed by atoms with Crippen LogP contribution in [0.2, 0.25) is 0 Å². The number of carboxylic acids is 1. The molecule has 14 heteroatoms. The number of carbonyl (C=O) groups is 5. The molecule has 296 valence electrons. The lowest BCUT2D eigenvalue weighted by Gasteiger charge is -2.34. The number of hydrogen-bond acceptors (Lipinski definition) is 10. The van der Waals surface area contributed by atoms with E-state index in [2.05, 4.69) is 15.5 Å². The van der Waals surface area contributed by atoms with E-state index in [9.17, 15) is 24.0 Å². The van der Waals surface area contributed by atoms with Gasteiger partial charge in [0.15, 0.2) is 5.78 Å². The van der Waals surface area contributed by atoms with E-state index in [0.29, 0.717) is 85.3 Å². The highest BCUT2D eigenvalue weighted by molar-refractivity contribution is 5.81. The number of piperazine rings is 1. The van der Waals surface area contributed by atoms with Crippen LogP contribution in [-0.2, 0) is 42.9 Å². The van der Waals surface area contributed by atoms with Crippen LogP contribution in [0.5, 0.6) is 0 Å². The molecule has 0 radical (unpaired) electrons. The van der Waals surface area contributed by atoms with Crippen LogP contribution in [0.3, 0.4) is 0 Å². The van der Waals surface area contributed by atoms with Crippen LogP contribution in [0.15, 0.2) is 0 Å². The molecular formula is C37H68N4O10. The van der Waals surface area contributed by atoms with E-state index < -0.39 is 5.97 Å². The topological polar surface area (TPSA) is 173 Å². The summed E-state index contributed by atoms with van der Waals surface area (Å²) in [7, 11) is 0. The van der Waals surface area contributed by atoms with Crippen molar-refractivity contribution >= 4 is 29.5 Å². The molecule has 3 amide bonds. The fraction of sp³-hybridized carbons (Fsp3) is 0.865. The summed E-state index contributed by atoms with van der Waals surface area (Å²) < 4.78 is 21.4. The molecule has 0 bridgehead atoms. The van der Waals surface area contributed by atoms with Gasteiger partial charge in [0.1, 0.15) is 13.2 Å². The summed E-state index contributed by atoms with van der Waals surface area (Å²) in [5.74, 6) is -0.796. The number of carbonyl (C=O) groups excluding carboxylic acids is 4. The van der Waals surface area contributed by atoms with Gasteiger partial charge in [0.25, 0.3) is 0 Å². The van der Waals surface area contributed by atoms with Gasteiger partial charge >= 0.3 is 5.97 Å². The van der Waals surface area contributed by atoms with Crippen molar-refractivity contribution in [1.29, 1.82) is 0 Å². The predicted molar refractivity (Wildman–Crippen MR) is 194 cm³/mol. The Morgan fingerprint density at radius 1 is 0.569 bits per heavy atom. The van der Waals surface area contributed by atoms with Crippen molar-refractivity contribution in [2.45, 2.75) is 104 Å². The lowest BCUT2D eigenvalue weighted by molar-refractivity contribution is -0.137. The maximum absolute atomic E-state index is 12.6. The molecule has 3 N–H and O–H groups in total. The van der Waals surface area contributed by atoms with E-state index in [-0.39, 0.29) is 55.7 Å². The number of hydrogen-bond donors (Lipinski definition) is 3. The minimum absolute atomic E-state index is 0.0434. The fourth-order valence-corrected chi connectivity index (χ4v) is 5.41. The molecule has 0 aromatic carbocycles. The van der Waals surface area contributed by atoms with Crippen LogP contribution in [0.1, 0.15) is 104 Å². The molecule has 1 aliphatic heterocycles. The van der Waals surface area contributed by atoms with Gasteiger partial charge in [0.2, 0.25) is 17.7 Å². The summed E-state index contributed by atoms with van der Waals surface area (Å²) in [6.07, 6.45) is 14.4. The fourth-order valence-electron chi connectivity index (χ4n) is 5.41. The van der Waals surface area contributed by atoms with Crippen molar-refractivity contribution in [3.8, 4) is 0 Å². The minimum Gasteiger partial charge on any atom is -0.481 e. The van der Waals surface area contributed by atoms with Crippen molar-refractivity contribution in [2.24, 2.45) is 5.92 Å². The number of carboxylic acid groups (broad SMARTS) is 1. The van der Waals surface area contributed by atoms with Gasteiger partial charge in [-0.2, -0.15) is 0 Å². The van der Waals surface area contributed by atoms with Gasteiger partial charge in [0.05, 0.1) is 46.2 Å². The third kappa shape index (κ3) is 28.6. The van der Waals surface area contributed by atoms with Gasteiger partial charge in [-0.1, -0.05) is 78.1 Å². The van der Waals surface area contributed by atoms with E-state index in [4.69, 9.17) is 24.1 Å². The highest BCUT2D eigenvalue weighted by Crippen LogP contribution is 2.14. The average Bonchev–Trinajstić information content (AvgIpc) is 3.10. The first-order chi connectivity index (χ1) is 24.7. The largest absolute Gasteiger partial charge is 0.481 e. The lowest BCUT2D eigenvalue weighted by atomic mass is 10.0. The molecule has 0 spiro atoms. The number of ether oxygens (including phenoxy) is 4. The third-order valence-corrected chi connectivity index (χ3v) is 8.63. The number of amides is 3. The first-order valence-corrected chi connectivity index (χ1v) is 19.3. The number of rotatable bonds is 34. The number of Topliss-reactive ketones (excluding diaryl/α,β-unsaturated/α-hetero) is 1. The summed E-state index contributed by atoms with van der Waals surface area (Å²) in [5, 5.41) is 14.2. The lowest BCUT2D eigenvalue weighted by Crippen LogP contribution is -2.51. The van der Waals surface area contributed by atoms with Crippen LogP contribution in [-0.4, -0.2) is 143 Å². The Hall–Kier alpha value is -2.65. The summed E-state index contributed by atoms with van der Waals surface area (Å²) in [6, 6.07) is 0. The summed E-state index contributed by atoms with van der Waals surface area (Å²) >= 11 is 0. The monoisotopic (exact) mass is 728 g/mol. The van der Waals surface area contributed by atoms with Gasteiger partial charge in [-0.3, -0.25) is 28.9 Å². The second-order valence-electron chi connectivity index (χ2n) is 13.4.